The van der Waals surface area contributed by atoms with E-state index in [1.165, 1.54) is 0 Å². The molecule has 0 radical (unpaired) electrons. The van der Waals surface area contributed by atoms with Crippen LogP contribution in [0.3, 0.4) is 0 Å². The summed E-state index contributed by atoms with van der Waals surface area (Å²) in [5.41, 5.74) is 0. The third-order valence-corrected chi connectivity index (χ3v) is 1.99. The Balaban J connectivity index is 2.47. The van der Waals surface area contributed by atoms with Crippen molar-refractivity contribution in [2.45, 2.75) is 37.8 Å². The molecule has 0 aromatic heterocycles. The smallest absolute Gasteiger partial charge is 0.112 e. The SMILES string of the molecule is CC[C@@H](O)[C@H]1OC[C@H](O)[C@@H]1O. The van der Waals surface area contributed by atoms with Crippen LogP contribution >= 0.6 is 0 Å². The molecule has 0 aromatic rings. The van der Waals surface area contributed by atoms with Crippen molar-refractivity contribution >= 4 is 0 Å². The van der Waals surface area contributed by atoms with Gasteiger partial charge in [0.2, 0.25) is 0 Å². The Morgan fingerprint density at radius 3 is 2.55 bits per heavy atom. The van der Waals surface area contributed by atoms with Gasteiger partial charge in [0.15, 0.2) is 0 Å². The van der Waals surface area contributed by atoms with Gasteiger partial charge in [-0.1, -0.05) is 6.92 Å². The molecule has 0 aliphatic carbocycles. The first-order valence-corrected chi connectivity index (χ1v) is 3.82. The van der Waals surface area contributed by atoms with Gasteiger partial charge in [0.25, 0.3) is 0 Å². The van der Waals surface area contributed by atoms with E-state index in [1.54, 1.807) is 6.92 Å². The van der Waals surface area contributed by atoms with E-state index in [4.69, 9.17) is 9.84 Å². The first kappa shape index (κ1) is 8.93. The molecule has 0 amide bonds. The molecule has 11 heavy (non-hydrogen) atoms. The monoisotopic (exact) mass is 162 g/mol. The Morgan fingerprint density at radius 2 is 2.18 bits per heavy atom. The van der Waals surface area contributed by atoms with E-state index in [9.17, 15) is 10.2 Å². The van der Waals surface area contributed by atoms with Crippen LogP contribution in [0.5, 0.6) is 0 Å². The predicted molar refractivity (Wildman–Crippen MR) is 38.1 cm³/mol. The van der Waals surface area contributed by atoms with Crippen LogP contribution in [-0.2, 0) is 4.74 Å². The third kappa shape index (κ3) is 1.70. The van der Waals surface area contributed by atoms with Crippen LogP contribution in [0, 0.1) is 0 Å². The van der Waals surface area contributed by atoms with Crippen LogP contribution in [0.4, 0.5) is 0 Å². The molecular formula is C7H14O4. The van der Waals surface area contributed by atoms with E-state index in [0.717, 1.165) is 0 Å². The Kier molecular flexibility index (Phi) is 2.84. The Labute approximate surface area is 65.4 Å². The fourth-order valence-corrected chi connectivity index (χ4v) is 1.20. The van der Waals surface area contributed by atoms with Crippen LogP contribution in [0.2, 0.25) is 0 Å². The highest BCUT2D eigenvalue weighted by Crippen LogP contribution is 2.18. The molecule has 1 saturated heterocycles. The van der Waals surface area contributed by atoms with Crippen LogP contribution < -0.4 is 0 Å². The average molecular weight is 162 g/mol. The standard InChI is InChI=1S/C7H14O4/c1-2-4(8)7-6(10)5(9)3-11-7/h4-10H,2-3H2,1H3/t4-,5+,6+,7-/m1/s1. The van der Waals surface area contributed by atoms with Gasteiger partial charge in [-0.05, 0) is 6.42 Å². The molecule has 0 saturated carbocycles. The van der Waals surface area contributed by atoms with Gasteiger partial charge in [-0.15, -0.1) is 0 Å². The highest BCUT2D eigenvalue weighted by Gasteiger charge is 2.38. The lowest BCUT2D eigenvalue weighted by atomic mass is 10.0. The summed E-state index contributed by atoms with van der Waals surface area (Å²) < 4.78 is 4.98. The summed E-state index contributed by atoms with van der Waals surface area (Å²) in [7, 11) is 0. The highest BCUT2D eigenvalue weighted by molar-refractivity contribution is 4.87. The molecule has 0 unspecified atom stereocenters. The third-order valence-electron chi connectivity index (χ3n) is 1.99. The van der Waals surface area contributed by atoms with Crippen LogP contribution in [0.15, 0.2) is 0 Å². The number of rotatable bonds is 2. The summed E-state index contributed by atoms with van der Waals surface area (Å²) in [5.74, 6) is 0. The van der Waals surface area contributed by atoms with Crippen molar-refractivity contribution in [3.8, 4) is 0 Å². The van der Waals surface area contributed by atoms with Crippen molar-refractivity contribution in [1.29, 1.82) is 0 Å². The van der Waals surface area contributed by atoms with E-state index in [2.05, 4.69) is 0 Å². The average Bonchev–Trinajstić information content (AvgIpc) is 2.32. The van der Waals surface area contributed by atoms with E-state index in [0.29, 0.717) is 6.42 Å². The molecule has 3 N–H and O–H groups in total. The Morgan fingerprint density at radius 1 is 1.55 bits per heavy atom. The van der Waals surface area contributed by atoms with E-state index in [-0.39, 0.29) is 6.61 Å². The van der Waals surface area contributed by atoms with Crippen LogP contribution in [0.25, 0.3) is 0 Å². The number of aliphatic hydroxyl groups excluding tert-OH is 3. The van der Waals surface area contributed by atoms with Crippen molar-refractivity contribution in [2.24, 2.45) is 0 Å². The molecule has 4 atom stereocenters. The second kappa shape index (κ2) is 3.49. The maximum Gasteiger partial charge on any atom is 0.112 e. The molecule has 1 aliphatic heterocycles. The molecular weight excluding hydrogens is 148 g/mol. The van der Waals surface area contributed by atoms with Crippen molar-refractivity contribution in [1.82, 2.24) is 0 Å². The lowest BCUT2D eigenvalue weighted by Crippen LogP contribution is -2.38. The zero-order valence-electron chi connectivity index (χ0n) is 6.47. The van der Waals surface area contributed by atoms with Crippen molar-refractivity contribution in [2.75, 3.05) is 6.61 Å². The molecule has 0 spiro atoms. The van der Waals surface area contributed by atoms with E-state index in [1.807, 2.05) is 0 Å². The first-order valence-electron chi connectivity index (χ1n) is 3.82. The van der Waals surface area contributed by atoms with Gasteiger partial charge in [-0.3, -0.25) is 0 Å². The molecule has 1 heterocycles. The van der Waals surface area contributed by atoms with Gasteiger partial charge in [0.1, 0.15) is 18.3 Å². The zero-order valence-corrected chi connectivity index (χ0v) is 6.47. The summed E-state index contributed by atoms with van der Waals surface area (Å²) in [6.07, 6.45) is -2.56. The lowest BCUT2D eigenvalue weighted by molar-refractivity contribution is -0.0513. The topological polar surface area (TPSA) is 69.9 Å². The Hall–Kier alpha value is -0.160. The number of hydrogen-bond acceptors (Lipinski definition) is 4. The number of aliphatic hydroxyl groups is 3. The van der Waals surface area contributed by atoms with E-state index >= 15 is 0 Å². The summed E-state index contributed by atoms with van der Waals surface area (Å²) in [5, 5.41) is 27.5. The molecule has 4 nitrogen and oxygen atoms in total. The fraction of sp³-hybridized carbons (Fsp3) is 1.00. The van der Waals surface area contributed by atoms with Gasteiger partial charge in [-0.25, -0.2) is 0 Å². The van der Waals surface area contributed by atoms with E-state index < -0.39 is 24.4 Å². The largest absolute Gasteiger partial charge is 0.390 e. The quantitative estimate of drug-likeness (QED) is 0.481. The van der Waals surface area contributed by atoms with Gasteiger partial charge in [0.05, 0.1) is 12.7 Å². The first-order chi connectivity index (χ1) is 5.16. The van der Waals surface area contributed by atoms with Gasteiger partial charge in [-0.2, -0.15) is 0 Å². The zero-order chi connectivity index (χ0) is 8.43. The molecule has 1 fully saturated rings. The van der Waals surface area contributed by atoms with Crippen molar-refractivity contribution in [3.05, 3.63) is 0 Å². The van der Waals surface area contributed by atoms with Crippen molar-refractivity contribution in [3.63, 3.8) is 0 Å². The maximum absolute atomic E-state index is 9.25. The van der Waals surface area contributed by atoms with Crippen molar-refractivity contribution < 1.29 is 20.1 Å². The summed E-state index contributed by atoms with van der Waals surface area (Å²) in [4.78, 5) is 0. The maximum atomic E-state index is 9.25. The summed E-state index contributed by atoms with van der Waals surface area (Å²) in [6.45, 7) is 1.91. The molecule has 0 bridgehead atoms. The second-order valence-electron chi connectivity index (χ2n) is 2.83. The number of hydrogen-bond donors (Lipinski definition) is 3. The molecule has 4 heteroatoms. The summed E-state index contributed by atoms with van der Waals surface area (Å²) >= 11 is 0. The molecule has 1 rings (SSSR count). The lowest BCUT2D eigenvalue weighted by Gasteiger charge is -2.19. The number of ether oxygens (including phenoxy) is 1. The van der Waals surface area contributed by atoms with Crippen LogP contribution in [-0.4, -0.2) is 46.3 Å². The van der Waals surface area contributed by atoms with Crippen LogP contribution in [0.1, 0.15) is 13.3 Å². The Bertz CT molecular complexity index is 128. The minimum atomic E-state index is -0.940. The van der Waals surface area contributed by atoms with Gasteiger partial charge in [0, 0.05) is 0 Å². The normalized spacial score (nSPS) is 40.9. The molecule has 1 aliphatic rings. The minimum Gasteiger partial charge on any atom is -0.390 e. The highest BCUT2D eigenvalue weighted by atomic mass is 16.5. The second-order valence-corrected chi connectivity index (χ2v) is 2.83. The molecule has 66 valence electrons. The van der Waals surface area contributed by atoms with Gasteiger partial charge >= 0.3 is 0 Å². The molecule has 0 aromatic carbocycles. The summed E-state index contributed by atoms with van der Waals surface area (Å²) in [6, 6.07) is 0. The van der Waals surface area contributed by atoms with Gasteiger partial charge < -0.3 is 20.1 Å². The fourth-order valence-electron chi connectivity index (χ4n) is 1.20. The predicted octanol–water partition coefficient (Wildman–Crippen LogP) is -1.12. The minimum absolute atomic E-state index is 0.114.